The smallest absolute Gasteiger partial charge is 0.319 e. The van der Waals surface area contributed by atoms with Crippen LogP contribution < -0.4 is 14.4 Å². The maximum Gasteiger partial charge on any atom is 0.319 e. The number of piperidine rings is 1. The van der Waals surface area contributed by atoms with Gasteiger partial charge in [-0.1, -0.05) is 13.0 Å². The maximum absolute atomic E-state index is 17.1. The van der Waals surface area contributed by atoms with Crippen molar-refractivity contribution in [2.24, 2.45) is 11.8 Å². The summed E-state index contributed by atoms with van der Waals surface area (Å²) < 4.78 is 63.9. The van der Waals surface area contributed by atoms with Gasteiger partial charge in [-0.25, -0.2) is 13.2 Å². The zero-order chi connectivity index (χ0) is 33.2. The second-order valence-corrected chi connectivity index (χ2v) is 13.9. The SMILES string of the molecule is CCc1c(F)ccc2cc(OCOC)cc(-c3ncc4c(N5CC6CC(O)C(C6)C5)nc(OC[C@@]56CCCN5C[C@H](F)C6)nc4c3F)c12. The van der Waals surface area contributed by atoms with Gasteiger partial charge in [-0.15, -0.1) is 0 Å². The van der Waals surface area contributed by atoms with Crippen molar-refractivity contribution in [2.75, 3.05) is 51.6 Å². The Hall–Kier alpha value is -3.74. The van der Waals surface area contributed by atoms with E-state index in [1.807, 2.05) is 6.92 Å². The number of methoxy groups -OCH3 is 1. The Morgan fingerprint density at radius 1 is 1.08 bits per heavy atom. The first-order valence-electron chi connectivity index (χ1n) is 16.9. The van der Waals surface area contributed by atoms with Crippen molar-refractivity contribution in [3.63, 3.8) is 0 Å². The van der Waals surface area contributed by atoms with Crippen LogP contribution in [0.5, 0.6) is 11.8 Å². The lowest BCUT2D eigenvalue weighted by Crippen LogP contribution is -2.43. The lowest BCUT2D eigenvalue weighted by atomic mass is 9.94. The van der Waals surface area contributed by atoms with Crippen molar-refractivity contribution in [1.29, 1.82) is 0 Å². The molecule has 2 aromatic carbocycles. The first-order valence-corrected chi connectivity index (χ1v) is 16.9. The van der Waals surface area contributed by atoms with Crippen LogP contribution in [0.25, 0.3) is 32.9 Å². The minimum Gasteiger partial charge on any atom is -0.468 e. The van der Waals surface area contributed by atoms with Gasteiger partial charge in [-0.3, -0.25) is 9.88 Å². The summed E-state index contributed by atoms with van der Waals surface area (Å²) in [5.41, 5.74) is 0.407. The molecule has 254 valence electrons. The Kier molecular flexibility index (Phi) is 8.08. The normalized spacial score (nSPS) is 26.9. The summed E-state index contributed by atoms with van der Waals surface area (Å²) in [5.74, 6) is 0.219. The minimum absolute atomic E-state index is 0.00275. The van der Waals surface area contributed by atoms with Crippen LogP contribution in [0.3, 0.4) is 0 Å². The fourth-order valence-corrected chi connectivity index (χ4v) is 8.80. The molecule has 3 saturated heterocycles. The van der Waals surface area contributed by atoms with E-state index in [2.05, 4.69) is 19.8 Å². The average Bonchev–Trinajstić information content (AvgIpc) is 3.70. The zero-order valence-electron chi connectivity index (χ0n) is 27.2. The molecule has 8 rings (SSSR count). The third-order valence-corrected chi connectivity index (χ3v) is 11.0. The zero-order valence-corrected chi connectivity index (χ0v) is 27.2. The molecule has 0 spiro atoms. The number of aliphatic hydroxyl groups is 1. The van der Waals surface area contributed by atoms with Crippen molar-refractivity contribution < 1.29 is 32.5 Å². The number of aliphatic hydroxyl groups excluding tert-OH is 1. The summed E-state index contributed by atoms with van der Waals surface area (Å²) >= 11 is 0. The number of nitrogens with zero attached hydrogens (tertiary/aromatic N) is 5. The van der Waals surface area contributed by atoms with Crippen molar-refractivity contribution >= 4 is 27.5 Å². The van der Waals surface area contributed by atoms with Gasteiger partial charge in [0.05, 0.1) is 17.0 Å². The van der Waals surface area contributed by atoms with Gasteiger partial charge in [0.25, 0.3) is 0 Å². The Labute approximate surface area is 277 Å². The Morgan fingerprint density at radius 2 is 1.96 bits per heavy atom. The quantitative estimate of drug-likeness (QED) is 0.222. The Balaban J connectivity index is 1.27. The standard InChI is InChI=1S/C36H40F3N5O4/c1-3-25-28(38)6-5-21-11-24(48-19-46-2)12-26(30(21)25)32-31(39)33-27(14-40-32)34(43-15-20-9-22(16-43)29(45)10-20)42-35(41-33)47-18-36-7-4-8-44(36)17-23(37)13-36/h5-6,11-12,14,20,22-23,29,45H,3-4,7-10,13,15-19H2,1-2H3/t20?,22?,23-,29?,36+/m1/s1. The fourth-order valence-electron chi connectivity index (χ4n) is 8.80. The van der Waals surface area contributed by atoms with Gasteiger partial charge in [0.2, 0.25) is 0 Å². The van der Waals surface area contributed by atoms with Crippen molar-refractivity contribution in [2.45, 2.75) is 63.3 Å². The molecule has 2 aromatic heterocycles. The average molecular weight is 664 g/mol. The number of anilines is 1. The largest absolute Gasteiger partial charge is 0.468 e. The van der Waals surface area contributed by atoms with Crippen molar-refractivity contribution in [3.8, 4) is 23.0 Å². The molecule has 12 heteroatoms. The predicted octanol–water partition coefficient (Wildman–Crippen LogP) is 5.83. The molecule has 4 aliphatic rings. The van der Waals surface area contributed by atoms with E-state index in [4.69, 9.17) is 19.2 Å². The summed E-state index contributed by atoms with van der Waals surface area (Å²) in [6, 6.07) is 6.49. The van der Waals surface area contributed by atoms with Gasteiger partial charge in [0, 0.05) is 50.8 Å². The van der Waals surface area contributed by atoms with E-state index in [0.29, 0.717) is 77.2 Å². The minimum atomic E-state index is -0.917. The van der Waals surface area contributed by atoms with Crippen LogP contribution >= 0.6 is 0 Å². The van der Waals surface area contributed by atoms with Gasteiger partial charge >= 0.3 is 6.01 Å². The first kappa shape index (κ1) is 31.5. The summed E-state index contributed by atoms with van der Waals surface area (Å²) in [4.78, 5) is 18.3. The second-order valence-electron chi connectivity index (χ2n) is 13.9. The summed E-state index contributed by atoms with van der Waals surface area (Å²) in [6.07, 6.45) is 4.47. The van der Waals surface area contributed by atoms with Crippen LogP contribution in [-0.2, 0) is 11.2 Å². The molecule has 3 unspecified atom stereocenters. The molecule has 3 aliphatic heterocycles. The number of aryl methyl sites for hydroxylation is 1. The maximum atomic E-state index is 17.1. The highest BCUT2D eigenvalue weighted by molar-refractivity contribution is 6.01. The van der Waals surface area contributed by atoms with Crippen LogP contribution in [0.4, 0.5) is 19.0 Å². The highest BCUT2D eigenvalue weighted by Crippen LogP contribution is 2.44. The molecule has 9 nitrogen and oxygen atoms in total. The molecule has 1 N–H and O–H groups in total. The van der Waals surface area contributed by atoms with Gasteiger partial charge in [0.15, 0.2) is 12.6 Å². The van der Waals surface area contributed by atoms with Crippen LogP contribution in [0.15, 0.2) is 30.5 Å². The number of halogens is 3. The van der Waals surface area contributed by atoms with E-state index in [1.165, 1.54) is 13.2 Å². The molecule has 48 heavy (non-hydrogen) atoms. The van der Waals surface area contributed by atoms with Crippen LogP contribution in [0.1, 0.15) is 44.6 Å². The van der Waals surface area contributed by atoms with Gasteiger partial charge in [-0.2, -0.15) is 9.97 Å². The number of alkyl halides is 1. The molecular weight excluding hydrogens is 623 g/mol. The van der Waals surface area contributed by atoms with Crippen molar-refractivity contribution in [1.82, 2.24) is 19.9 Å². The third kappa shape index (κ3) is 5.32. The predicted molar refractivity (Wildman–Crippen MR) is 175 cm³/mol. The molecule has 0 radical (unpaired) electrons. The van der Waals surface area contributed by atoms with Gasteiger partial charge < -0.3 is 24.2 Å². The summed E-state index contributed by atoms with van der Waals surface area (Å²) in [5, 5.41) is 12.3. The van der Waals surface area contributed by atoms with Gasteiger partial charge in [0.1, 0.15) is 41.4 Å². The lowest BCUT2D eigenvalue weighted by molar-refractivity contribution is 0.0512. The molecule has 0 amide bonds. The number of rotatable bonds is 9. The van der Waals surface area contributed by atoms with E-state index in [0.717, 1.165) is 32.2 Å². The van der Waals surface area contributed by atoms with E-state index in [1.54, 1.807) is 24.4 Å². The molecular formula is C36H40F3N5O4. The molecule has 4 aromatic rings. The fraction of sp³-hybridized carbons (Fsp3) is 0.528. The highest BCUT2D eigenvalue weighted by atomic mass is 19.1. The number of hydrogen-bond acceptors (Lipinski definition) is 9. The number of aromatic nitrogens is 3. The Morgan fingerprint density at radius 3 is 2.77 bits per heavy atom. The van der Waals surface area contributed by atoms with E-state index in [9.17, 15) is 9.50 Å². The summed E-state index contributed by atoms with van der Waals surface area (Å²) in [7, 11) is 1.51. The highest BCUT2D eigenvalue weighted by Gasteiger charge is 2.49. The molecule has 1 saturated carbocycles. The monoisotopic (exact) mass is 663 g/mol. The van der Waals surface area contributed by atoms with Crippen LogP contribution in [0.2, 0.25) is 0 Å². The number of pyridine rings is 1. The van der Waals surface area contributed by atoms with E-state index >= 15 is 8.78 Å². The van der Waals surface area contributed by atoms with E-state index in [-0.39, 0.29) is 48.5 Å². The topological polar surface area (TPSA) is 93.1 Å². The number of ether oxygens (including phenoxy) is 3. The lowest BCUT2D eigenvalue weighted by Gasteiger charge is -2.34. The molecule has 4 fully saturated rings. The molecule has 2 bridgehead atoms. The number of benzene rings is 2. The third-order valence-electron chi connectivity index (χ3n) is 11.0. The first-order chi connectivity index (χ1) is 23.3. The molecule has 5 atom stereocenters. The van der Waals surface area contributed by atoms with Gasteiger partial charge in [-0.05, 0) is 79.1 Å². The van der Waals surface area contributed by atoms with Crippen LogP contribution in [-0.4, -0.2) is 89.5 Å². The number of fused-ring (bicyclic) bond motifs is 5. The summed E-state index contributed by atoms with van der Waals surface area (Å²) in [6.45, 7) is 4.46. The molecule has 5 heterocycles. The number of hydrogen-bond donors (Lipinski definition) is 1. The van der Waals surface area contributed by atoms with E-state index < -0.39 is 17.5 Å². The Bertz CT molecular complexity index is 1880. The second kappa shape index (κ2) is 12.3. The molecule has 1 aliphatic carbocycles. The van der Waals surface area contributed by atoms with Crippen LogP contribution in [0, 0.1) is 23.5 Å². The van der Waals surface area contributed by atoms with Crippen molar-refractivity contribution in [3.05, 3.63) is 47.7 Å².